The maximum atomic E-state index is 6.51. The first-order valence-electron chi connectivity index (χ1n) is 7.69. The van der Waals surface area contributed by atoms with E-state index in [9.17, 15) is 0 Å². The molecule has 124 valence electrons. The zero-order valence-electron chi connectivity index (χ0n) is 13.3. The first-order valence-corrected chi connectivity index (χ1v) is 9.50. The van der Waals surface area contributed by atoms with Crippen molar-refractivity contribution in [2.24, 2.45) is 0 Å². The predicted molar refractivity (Wildman–Crippen MR) is 104 cm³/mol. The summed E-state index contributed by atoms with van der Waals surface area (Å²) in [5, 5.41) is 1.84. The molecule has 0 bridgehead atoms. The van der Waals surface area contributed by atoms with Crippen molar-refractivity contribution in [3.8, 4) is 0 Å². The zero-order valence-corrected chi connectivity index (χ0v) is 15.7. The molecule has 3 aromatic rings. The highest BCUT2D eigenvalue weighted by Crippen LogP contribution is 2.37. The Morgan fingerprint density at radius 2 is 1.92 bits per heavy atom. The van der Waals surface area contributed by atoms with Crippen molar-refractivity contribution in [2.75, 3.05) is 0 Å². The van der Waals surface area contributed by atoms with Gasteiger partial charge in [0.1, 0.15) is 0 Å². The third-order valence-corrected chi connectivity index (χ3v) is 5.69. The van der Waals surface area contributed by atoms with Crippen molar-refractivity contribution in [1.29, 1.82) is 0 Å². The van der Waals surface area contributed by atoms with E-state index in [0.717, 1.165) is 27.9 Å². The number of halogens is 2. The molecule has 24 heavy (non-hydrogen) atoms. The normalized spacial score (nSPS) is 12.3. The monoisotopic (exact) mass is 376 g/mol. The van der Waals surface area contributed by atoms with Crippen LogP contribution in [0.5, 0.6) is 0 Å². The topological polar surface area (TPSA) is 17.8 Å². The number of thioether (sulfide) groups is 1. The Kier molecular flexibility index (Phi) is 5.88. The lowest BCUT2D eigenvalue weighted by atomic mass is 10.1. The van der Waals surface area contributed by atoms with Crippen LogP contribution in [0, 0.1) is 6.92 Å². The van der Waals surface area contributed by atoms with Gasteiger partial charge in [0.2, 0.25) is 0 Å². The van der Waals surface area contributed by atoms with Crippen LogP contribution < -0.4 is 0 Å². The van der Waals surface area contributed by atoms with Crippen molar-refractivity contribution in [3.05, 3.63) is 87.9 Å². The fourth-order valence-electron chi connectivity index (χ4n) is 2.50. The highest BCUT2D eigenvalue weighted by Gasteiger charge is 2.16. The molecular weight excluding hydrogens is 359 g/mol. The molecule has 0 saturated heterocycles. The summed E-state index contributed by atoms with van der Waals surface area (Å²) in [6.07, 6.45) is 5.63. The van der Waals surface area contributed by atoms with E-state index in [1.165, 1.54) is 11.1 Å². The van der Waals surface area contributed by atoms with Gasteiger partial charge < -0.3 is 4.57 Å². The van der Waals surface area contributed by atoms with E-state index in [0.29, 0.717) is 0 Å². The average Bonchev–Trinajstić information content (AvgIpc) is 3.06. The van der Waals surface area contributed by atoms with Gasteiger partial charge in [-0.2, -0.15) is 0 Å². The summed E-state index contributed by atoms with van der Waals surface area (Å²) in [6.45, 7) is 2.89. The fraction of sp³-hybridized carbons (Fsp3) is 0.211. The first kappa shape index (κ1) is 17.4. The summed E-state index contributed by atoms with van der Waals surface area (Å²) >= 11 is 14.4. The van der Waals surface area contributed by atoms with E-state index in [-0.39, 0.29) is 5.25 Å². The predicted octanol–water partition coefficient (Wildman–Crippen LogP) is 6.17. The largest absolute Gasteiger partial charge is 0.336 e. The second-order valence-corrected chi connectivity index (χ2v) is 7.75. The smallest absolute Gasteiger partial charge is 0.0946 e. The molecule has 2 aromatic carbocycles. The summed E-state index contributed by atoms with van der Waals surface area (Å²) in [5.74, 6) is 0.904. The summed E-state index contributed by atoms with van der Waals surface area (Å²) < 4.78 is 2.09. The van der Waals surface area contributed by atoms with Crippen LogP contribution in [0.25, 0.3) is 0 Å². The van der Waals surface area contributed by atoms with E-state index >= 15 is 0 Å². The Morgan fingerprint density at radius 3 is 2.58 bits per heavy atom. The Bertz CT molecular complexity index is 786. The molecule has 5 heteroatoms. The van der Waals surface area contributed by atoms with Crippen LogP contribution in [0.2, 0.25) is 10.0 Å². The summed E-state index contributed by atoms with van der Waals surface area (Å²) in [5.41, 5.74) is 3.59. The lowest BCUT2D eigenvalue weighted by molar-refractivity contribution is 0.683. The van der Waals surface area contributed by atoms with Crippen molar-refractivity contribution >= 4 is 35.0 Å². The molecule has 2 nitrogen and oxygen atoms in total. The molecule has 0 saturated carbocycles. The van der Waals surface area contributed by atoms with Crippen molar-refractivity contribution in [1.82, 2.24) is 9.55 Å². The molecule has 3 rings (SSSR count). The second kappa shape index (κ2) is 8.11. The minimum absolute atomic E-state index is 0.253. The quantitative estimate of drug-likeness (QED) is 0.511. The Morgan fingerprint density at radius 1 is 1.12 bits per heavy atom. The number of aryl methyl sites for hydroxylation is 1. The van der Waals surface area contributed by atoms with Gasteiger partial charge in [0, 0.05) is 40.0 Å². The maximum absolute atomic E-state index is 6.51. The lowest BCUT2D eigenvalue weighted by Crippen LogP contribution is -2.06. The molecule has 0 fully saturated rings. The fourth-order valence-corrected chi connectivity index (χ4v) is 4.30. The van der Waals surface area contributed by atoms with Crippen LogP contribution in [0.4, 0.5) is 0 Å². The van der Waals surface area contributed by atoms with Crippen LogP contribution in [0.1, 0.15) is 21.9 Å². The number of nitrogens with zero attached hydrogens (tertiary/aromatic N) is 2. The molecule has 0 aliphatic rings. The molecule has 0 aliphatic heterocycles. The third kappa shape index (κ3) is 4.56. The number of hydrogen-bond donors (Lipinski definition) is 0. The van der Waals surface area contributed by atoms with Gasteiger partial charge in [-0.3, -0.25) is 0 Å². The number of aromatic nitrogens is 2. The van der Waals surface area contributed by atoms with E-state index in [1.807, 2.05) is 42.5 Å². The van der Waals surface area contributed by atoms with Gasteiger partial charge in [-0.1, -0.05) is 47.5 Å². The van der Waals surface area contributed by atoms with E-state index in [4.69, 9.17) is 23.2 Å². The zero-order chi connectivity index (χ0) is 16.9. The van der Waals surface area contributed by atoms with Crippen LogP contribution in [-0.4, -0.2) is 9.55 Å². The van der Waals surface area contributed by atoms with Crippen molar-refractivity contribution in [3.63, 3.8) is 0 Å². The van der Waals surface area contributed by atoms with Gasteiger partial charge >= 0.3 is 0 Å². The van der Waals surface area contributed by atoms with Gasteiger partial charge in [0.25, 0.3) is 0 Å². The Balaban J connectivity index is 1.80. The molecule has 1 atom stereocenters. The van der Waals surface area contributed by atoms with Gasteiger partial charge in [-0.05, 0) is 41.8 Å². The number of hydrogen-bond acceptors (Lipinski definition) is 2. The number of rotatable bonds is 6. The molecule has 1 unspecified atom stereocenters. The lowest BCUT2D eigenvalue weighted by Gasteiger charge is -2.19. The van der Waals surface area contributed by atoms with E-state index in [2.05, 4.69) is 40.7 Å². The average molecular weight is 377 g/mol. The van der Waals surface area contributed by atoms with Crippen LogP contribution in [0.15, 0.2) is 61.2 Å². The highest BCUT2D eigenvalue weighted by atomic mass is 35.5. The van der Waals surface area contributed by atoms with E-state index in [1.54, 1.807) is 6.20 Å². The molecule has 1 aromatic heterocycles. The molecule has 1 heterocycles. The molecule has 0 N–H and O–H groups in total. The van der Waals surface area contributed by atoms with Gasteiger partial charge in [0.05, 0.1) is 6.33 Å². The SMILES string of the molecule is Cc1ccc(C(Cn2ccnc2)SCc2ccc(Cl)cc2)c(Cl)c1. The Labute approximate surface area is 156 Å². The molecule has 0 radical (unpaired) electrons. The van der Waals surface area contributed by atoms with Crippen molar-refractivity contribution in [2.45, 2.75) is 24.5 Å². The number of benzene rings is 2. The van der Waals surface area contributed by atoms with Crippen LogP contribution >= 0.6 is 35.0 Å². The summed E-state index contributed by atoms with van der Waals surface area (Å²) in [4.78, 5) is 4.14. The molecule has 0 aliphatic carbocycles. The molecule has 0 spiro atoms. The summed E-state index contributed by atoms with van der Waals surface area (Å²) in [7, 11) is 0. The van der Waals surface area contributed by atoms with Crippen LogP contribution in [0.3, 0.4) is 0 Å². The third-order valence-electron chi connectivity index (χ3n) is 3.80. The van der Waals surface area contributed by atoms with Gasteiger partial charge in [-0.15, -0.1) is 11.8 Å². The van der Waals surface area contributed by atoms with Gasteiger partial charge in [0.15, 0.2) is 0 Å². The maximum Gasteiger partial charge on any atom is 0.0946 e. The standard InChI is InChI=1S/C19H18Cl2N2S/c1-14-2-7-17(18(21)10-14)19(11-23-9-8-22-13-23)24-12-15-3-5-16(20)6-4-15/h2-10,13,19H,11-12H2,1H3. The van der Waals surface area contributed by atoms with E-state index < -0.39 is 0 Å². The summed E-state index contributed by atoms with van der Waals surface area (Å²) in [6, 6.07) is 14.3. The number of imidazole rings is 1. The molecular formula is C19H18Cl2N2S. The second-order valence-electron chi connectivity index (χ2n) is 5.71. The Hall–Kier alpha value is -1.42. The minimum atomic E-state index is 0.253. The van der Waals surface area contributed by atoms with Crippen LogP contribution in [-0.2, 0) is 12.3 Å². The molecule has 0 amide bonds. The first-order chi connectivity index (χ1) is 11.6. The van der Waals surface area contributed by atoms with Crippen molar-refractivity contribution < 1.29 is 0 Å². The van der Waals surface area contributed by atoms with Gasteiger partial charge in [-0.25, -0.2) is 4.98 Å². The highest BCUT2D eigenvalue weighted by molar-refractivity contribution is 7.98. The minimum Gasteiger partial charge on any atom is -0.336 e.